The second-order valence-electron chi connectivity index (χ2n) is 10.6. The Morgan fingerprint density at radius 1 is 0.977 bits per heavy atom. The summed E-state index contributed by atoms with van der Waals surface area (Å²) >= 11 is 0. The van der Waals surface area contributed by atoms with E-state index in [4.69, 9.17) is 15.1 Å². The first kappa shape index (κ1) is 28.0. The van der Waals surface area contributed by atoms with Crippen LogP contribution >= 0.6 is 0 Å². The smallest absolute Gasteiger partial charge is 0.274 e. The summed E-state index contributed by atoms with van der Waals surface area (Å²) < 4.78 is 0. The van der Waals surface area contributed by atoms with E-state index in [1.807, 2.05) is 30.3 Å². The van der Waals surface area contributed by atoms with Crippen molar-refractivity contribution in [2.24, 2.45) is 0 Å². The van der Waals surface area contributed by atoms with Crippen LogP contribution in [-0.4, -0.2) is 52.0 Å². The third-order valence-corrected chi connectivity index (χ3v) is 7.69. The second kappa shape index (κ2) is 12.8. The van der Waals surface area contributed by atoms with E-state index >= 15 is 0 Å². The first-order valence-corrected chi connectivity index (χ1v) is 14.2. The van der Waals surface area contributed by atoms with E-state index in [0.717, 1.165) is 65.8 Å². The van der Waals surface area contributed by atoms with Crippen LogP contribution in [0.2, 0.25) is 0 Å². The number of hydrogen-bond acceptors (Lipinski definition) is 8. The van der Waals surface area contributed by atoms with Crippen molar-refractivity contribution >= 4 is 22.6 Å². The van der Waals surface area contributed by atoms with Crippen LogP contribution in [0.3, 0.4) is 0 Å². The number of hydrogen-bond donors (Lipinski definition) is 2. The van der Waals surface area contributed by atoms with Crippen molar-refractivity contribution in [3.63, 3.8) is 0 Å². The number of carbonyl (C=O) groups is 1. The van der Waals surface area contributed by atoms with Gasteiger partial charge in [0.15, 0.2) is 0 Å². The first-order chi connectivity index (χ1) is 21.1. The number of nitrogens with zero attached hydrogens (tertiary/aromatic N) is 5. The molecular weight excluding hydrogens is 538 g/mol. The summed E-state index contributed by atoms with van der Waals surface area (Å²) in [7, 11) is 1.42. The standard InChI is InChI=1S/C34H31N7O2/c1-43-40-34(42)27-12-11-26-19-29(24-5-3-2-4-6-24)33(38-30(26)20-27)25-9-7-23(8-10-25)22-41-17-14-28(15-18-41)37-31-13-16-36-32(21-35)39-31/h2-13,16,19-20,28H,14-15,17-18,22H2,1H3,(H,40,42)(H,36,37,39). The van der Waals surface area contributed by atoms with Crippen molar-refractivity contribution in [1.82, 2.24) is 25.3 Å². The van der Waals surface area contributed by atoms with E-state index in [-0.39, 0.29) is 11.7 Å². The molecule has 0 saturated carbocycles. The fourth-order valence-electron chi connectivity index (χ4n) is 5.48. The molecule has 5 aromatic rings. The topological polar surface area (TPSA) is 116 Å². The summed E-state index contributed by atoms with van der Waals surface area (Å²) in [5.74, 6) is 0.568. The molecular formula is C34H31N7O2. The molecule has 1 aliphatic rings. The maximum absolute atomic E-state index is 12.4. The van der Waals surface area contributed by atoms with Gasteiger partial charge in [-0.3, -0.25) is 14.5 Å². The minimum Gasteiger partial charge on any atom is -0.367 e. The summed E-state index contributed by atoms with van der Waals surface area (Å²) in [6, 6.07) is 30.6. The molecule has 214 valence electrons. The maximum Gasteiger partial charge on any atom is 0.274 e. The molecule has 0 bridgehead atoms. The normalized spacial score (nSPS) is 13.9. The van der Waals surface area contributed by atoms with Crippen molar-refractivity contribution in [1.29, 1.82) is 5.26 Å². The Bertz CT molecular complexity index is 1780. The number of pyridine rings is 1. The minimum absolute atomic E-state index is 0.180. The lowest BCUT2D eigenvalue weighted by Gasteiger charge is -2.32. The molecule has 0 unspecified atom stereocenters. The van der Waals surface area contributed by atoms with Crippen molar-refractivity contribution in [2.75, 3.05) is 25.5 Å². The van der Waals surface area contributed by atoms with Gasteiger partial charge in [-0.2, -0.15) is 5.26 Å². The van der Waals surface area contributed by atoms with Gasteiger partial charge in [0.1, 0.15) is 11.9 Å². The second-order valence-corrected chi connectivity index (χ2v) is 10.6. The molecule has 43 heavy (non-hydrogen) atoms. The van der Waals surface area contributed by atoms with Gasteiger partial charge in [-0.05, 0) is 48.2 Å². The number of piperidine rings is 1. The van der Waals surface area contributed by atoms with Crippen LogP contribution in [0.1, 0.15) is 34.6 Å². The van der Waals surface area contributed by atoms with E-state index in [9.17, 15) is 4.79 Å². The van der Waals surface area contributed by atoms with Crippen LogP contribution in [0, 0.1) is 11.3 Å². The number of benzene rings is 3. The highest BCUT2D eigenvalue weighted by atomic mass is 16.6. The van der Waals surface area contributed by atoms with E-state index in [1.54, 1.807) is 24.4 Å². The molecule has 2 N–H and O–H groups in total. The fraction of sp³-hybridized carbons (Fsp3) is 0.206. The van der Waals surface area contributed by atoms with E-state index < -0.39 is 0 Å². The number of fused-ring (bicyclic) bond motifs is 1. The number of amides is 1. The van der Waals surface area contributed by atoms with E-state index in [0.29, 0.717) is 17.4 Å². The predicted octanol–water partition coefficient (Wildman–Crippen LogP) is 5.60. The molecule has 2 aromatic heterocycles. The Morgan fingerprint density at radius 3 is 2.51 bits per heavy atom. The third kappa shape index (κ3) is 6.51. The maximum atomic E-state index is 12.4. The average Bonchev–Trinajstić information content (AvgIpc) is 3.06. The molecule has 0 radical (unpaired) electrons. The summed E-state index contributed by atoms with van der Waals surface area (Å²) in [6.07, 6.45) is 3.60. The Labute approximate surface area is 250 Å². The number of nitrogens with one attached hydrogen (secondary N) is 2. The Balaban J connectivity index is 1.19. The van der Waals surface area contributed by atoms with Gasteiger partial charge in [0.25, 0.3) is 5.91 Å². The van der Waals surface area contributed by atoms with Crippen LogP contribution in [0.5, 0.6) is 0 Å². The van der Waals surface area contributed by atoms with Crippen LogP contribution in [-0.2, 0) is 11.4 Å². The molecule has 1 fully saturated rings. The monoisotopic (exact) mass is 569 g/mol. The summed E-state index contributed by atoms with van der Waals surface area (Å²) in [4.78, 5) is 32.9. The van der Waals surface area contributed by atoms with Gasteiger partial charge in [0.2, 0.25) is 5.82 Å². The van der Waals surface area contributed by atoms with Gasteiger partial charge in [0.05, 0.1) is 18.3 Å². The molecule has 9 nitrogen and oxygen atoms in total. The highest BCUT2D eigenvalue weighted by Gasteiger charge is 2.20. The molecule has 1 saturated heterocycles. The molecule has 0 atom stereocenters. The molecule has 0 aliphatic carbocycles. The quantitative estimate of drug-likeness (QED) is 0.232. The highest BCUT2D eigenvalue weighted by Crippen LogP contribution is 2.34. The number of anilines is 1. The lowest BCUT2D eigenvalue weighted by atomic mass is 9.96. The van der Waals surface area contributed by atoms with Gasteiger partial charge in [-0.1, -0.05) is 60.7 Å². The number of carbonyl (C=O) groups excluding carboxylic acids is 1. The predicted molar refractivity (Wildman–Crippen MR) is 166 cm³/mol. The van der Waals surface area contributed by atoms with Crippen LogP contribution in [0.25, 0.3) is 33.3 Å². The minimum atomic E-state index is -0.314. The largest absolute Gasteiger partial charge is 0.367 e. The van der Waals surface area contributed by atoms with Crippen molar-refractivity contribution < 1.29 is 9.63 Å². The lowest BCUT2D eigenvalue weighted by molar-refractivity contribution is 0.0538. The SMILES string of the molecule is CONC(=O)c1ccc2cc(-c3ccccc3)c(-c3ccc(CN4CCC(Nc5ccnc(C#N)n5)CC4)cc3)nc2c1. The number of rotatable bonds is 8. The van der Waals surface area contributed by atoms with E-state index in [1.165, 1.54) is 12.7 Å². The molecule has 3 heterocycles. The number of likely N-dealkylation sites (tertiary alicyclic amines) is 1. The third-order valence-electron chi connectivity index (χ3n) is 7.69. The number of hydroxylamine groups is 1. The Kier molecular flexibility index (Phi) is 8.31. The summed E-state index contributed by atoms with van der Waals surface area (Å²) in [5.41, 5.74) is 8.84. The Hall–Kier alpha value is -5.17. The van der Waals surface area contributed by atoms with Gasteiger partial charge in [-0.15, -0.1) is 0 Å². The van der Waals surface area contributed by atoms with Gasteiger partial charge in [0, 0.05) is 53.9 Å². The van der Waals surface area contributed by atoms with Crippen molar-refractivity contribution in [3.05, 3.63) is 108 Å². The zero-order valence-corrected chi connectivity index (χ0v) is 23.8. The molecule has 3 aromatic carbocycles. The zero-order valence-electron chi connectivity index (χ0n) is 23.8. The van der Waals surface area contributed by atoms with Crippen molar-refractivity contribution in [2.45, 2.75) is 25.4 Å². The zero-order chi connectivity index (χ0) is 29.6. The lowest BCUT2D eigenvalue weighted by Crippen LogP contribution is -2.38. The fourth-order valence-corrected chi connectivity index (χ4v) is 5.48. The van der Waals surface area contributed by atoms with E-state index in [2.05, 4.69) is 68.1 Å². The first-order valence-electron chi connectivity index (χ1n) is 14.2. The average molecular weight is 570 g/mol. The molecule has 0 spiro atoms. The van der Waals surface area contributed by atoms with Crippen LogP contribution in [0.4, 0.5) is 5.82 Å². The van der Waals surface area contributed by atoms with Crippen LogP contribution in [0.15, 0.2) is 91.1 Å². The highest BCUT2D eigenvalue weighted by molar-refractivity contribution is 5.99. The van der Waals surface area contributed by atoms with Crippen molar-refractivity contribution in [3.8, 4) is 28.5 Å². The molecule has 1 amide bonds. The Morgan fingerprint density at radius 2 is 1.77 bits per heavy atom. The molecule has 9 heteroatoms. The molecule has 1 aliphatic heterocycles. The van der Waals surface area contributed by atoms with Gasteiger partial charge >= 0.3 is 0 Å². The number of aromatic nitrogens is 3. The van der Waals surface area contributed by atoms with Gasteiger partial charge in [-0.25, -0.2) is 20.4 Å². The summed E-state index contributed by atoms with van der Waals surface area (Å²) in [6.45, 7) is 2.81. The summed E-state index contributed by atoms with van der Waals surface area (Å²) in [5, 5.41) is 13.5. The van der Waals surface area contributed by atoms with Crippen LogP contribution < -0.4 is 10.8 Å². The molecule has 6 rings (SSSR count). The van der Waals surface area contributed by atoms with Gasteiger partial charge < -0.3 is 5.32 Å². The number of nitriles is 1.